The Kier molecular flexibility index (Phi) is 3.32. The molecule has 0 radical (unpaired) electrons. The van der Waals surface area contributed by atoms with Gasteiger partial charge in [-0.1, -0.05) is 24.3 Å². The van der Waals surface area contributed by atoms with Crippen molar-refractivity contribution in [3.05, 3.63) is 35.4 Å². The summed E-state index contributed by atoms with van der Waals surface area (Å²) >= 11 is 0. The highest BCUT2D eigenvalue weighted by Crippen LogP contribution is 2.34. The first kappa shape index (κ1) is 13.0. The molecule has 0 aliphatic carbocycles. The van der Waals surface area contributed by atoms with E-state index < -0.39 is 12.0 Å². The van der Waals surface area contributed by atoms with Gasteiger partial charge >= 0.3 is 0 Å². The van der Waals surface area contributed by atoms with E-state index in [4.69, 9.17) is 0 Å². The van der Waals surface area contributed by atoms with Crippen molar-refractivity contribution in [3.8, 4) is 0 Å². The van der Waals surface area contributed by atoms with E-state index in [1.54, 1.807) is 11.0 Å². The molecule has 2 heterocycles. The maximum absolute atomic E-state index is 10.5. The molecule has 3 rings (SSSR count). The van der Waals surface area contributed by atoms with Crippen molar-refractivity contribution < 1.29 is 15.3 Å². The summed E-state index contributed by atoms with van der Waals surface area (Å²) in [6.45, 7) is 1.83. The van der Waals surface area contributed by atoms with Crippen molar-refractivity contribution in [1.29, 1.82) is 0 Å². The fourth-order valence-electron chi connectivity index (χ4n) is 3.21. The van der Waals surface area contributed by atoms with Gasteiger partial charge in [-0.05, 0) is 24.9 Å². The summed E-state index contributed by atoms with van der Waals surface area (Å²) in [5, 5.41) is 34.2. The van der Waals surface area contributed by atoms with E-state index in [9.17, 15) is 15.3 Å². The Morgan fingerprint density at radius 1 is 1.26 bits per heavy atom. The average Bonchev–Trinajstić information content (AvgIpc) is 2.40. The molecule has 2 aliphatic heterocycles. The topological polar surface area (TPSA) is 76.0 Å². The predicted molar refractivity (Wildman–Crippen MR) is 70.2 cm³/mol. The van der Waals surface area contributed by atoms with Gasteiger partial charge in [-0.3, -0.25) is 0 Å². The highest BCUT2D eigenvalue weighted by molar-refractivity contribution is 5.33. The van der Waals surface area contributed by atoms with Crippen LogP contribution in [0.25, 0.3) is 0 Å². The molecule has 2 aliphatic rings. The van der Waals surface area contributed by atoms with Crippen LogP contribution in [0.3, 0.4) is 0 Å². The first-order valence-electron chi connectivity index (χ1n) is 6.79. The van der Waals surface area contributed by atoms with Gasteiger partial charge in [-0.15, -0.1) is 0 Å². The Bertz CT molecular complexity index is 464. The fraction of sp³-hybridized carbons (Fsp3) is 0.571. The number of hydrogen-bond acceptors (Lipinski definition) is 5. The maximum Gasteiger partial charge on any atom is 0.253 e. The Morgan fingerprint density at radius 3 is 2.84 bits per heavy atom. The molecule has 19 heavy (non-hydrogen) atoms. The largest absolute Gasteiger partial charge is 0.390 e. The lowest BCUT2D eigenvalue weighted by Crippen LogP contribution is -2.62. The smallest absolute Gasteiger partial charge is 0.253 e. The first-order chi connectivity index (χ1) is 9.10. The molecule has 0 aromatic heterocycles. The molecule has 2 atom stereocenters. The van der Waals surface area contributed by atoms with Crippen molar-refractivity contribution in [2.75, 3.05) is 19.6 Å². The van der Waals surface area contributed by atoms with Gasteiger partial charge in [-0.25, -0.2) is 4.90 Å². The molecule has 104 valence electrons. The van der Waals surface area contributed by atoms with E-state index in [2.05, 4.69) is 5.32 Å². The van der Waals surface area contributed by atoms with Crippen LogP contribution in [-0.4, -0.2) is 52.0 Å². The molecule has 5 nitrogen and oxygen atoms in total. The van der Waals surface area contributed by atoms with Crippen molar-refractivity contribution in [2.24, 2.45) is 0 Å². The molecular weight excluding hydrogens is 244 g/mol. The van der Waals surface area contributed by atoms with Crippen LogP contribution >= 0.6 is 0 Å². The maximum atomic E-state index is 10.5. The minimum absolute atomic E-state index is 0.218. The average molecular weight is 264 g/mol. The van der Waals surface area contributed by atoms with Crippen LogP contribution in [0.1, 0.15) is 17.5 Å². The Morgan fingerprint density at radius 2 is 2.05 bits per heavy atom. The van der Waals surface area contributed by atoms with Gasteiger partial charge in [-0.2, -0.15) is 0 Å². The zero-order chi connectivity index (χ0) is 13.5. The lowest BCUT2D eigenvalue weighted by molar-refractivity contribution is -0.299. The summed E-state index contributed by atoms with van der Waals surface area (Å²) in [6, 6.07) is 7.16. The lowest BCUT2D eigenvalue weighted by atomic mass is 9.91. The third-order valence-electron chi connectivity index (χ3n) is 4.22. The van der Waals surface area contributed by atoms with Gasteiger partial charge in [0.15, 0.2) is 0 Å². The third kappa shape index (κ3) is 2.17. The quantitative estimate of drug-likeness (QED) is 0.508. The van der Waals surface area contributed by atoms with Crippen LogP contribution in [0.15, 0.2) is 24.3 Å². The zero-order valence-corrected chi connectivity index (χ0v) is 10.8. The minimum atomic E-state index is -1.99. The number of nitrogens with one attached hydrogen (secondary N) is 1. The van der Waals surface area contributed by atoms with Crippen molar-refractivity contribution in [1.82, 2.24) is 10.2 Å². The summed E-state index contributed by atoms with van der Waals surface area (Å²) in [6.07, 6.45) is 0.916. The molecule has 4 N–H and O–H groups in total. The van der Waals surface area contributed by atoms with E-state index in [1.807, 2.05) is 18.2 Å². The van der Waals surface area contributed by atoms with Gasteiger partial charge in [0, 0.05) is 24.7 Å². The fourth-order valence-corrected chi connectivity index (χ4v) is 3.21. The monoisotopic (exact) mass is 264 g/mol. The van der Waals surface area contributed by atoms with Crippen LogP contribution in [0.4, 0.5) is 0 Å². The Labute approximate surface area is 112 Å². The normalized spacial score (nSPS) is 30.9. The Balaban J connectivity index is 1.92. The lowest BCUT2D eigenvalue weighted by Gasteiger charge is -2.47. The number of fused-ring (bicyclic) bond motifs is 1. The second-order valence-corrected chi connectivity index (χ2v) is 5.36. The number of rotatable bonds is 1. The SMILES string of the molecule is OC1CNCCC1N1CCc2ccccc2C1(O)O. The highest BCUT2D eigenvalue weighted by atomic mass is 16.5. The van der Waals surface area contributed by atoms with Crippen molar-refractivity contribution >= 4 is 0 Å². The van der Waals surface area contributed by atoms with Crippen LogP contribution in [0, 0.1) is 0 Å². The van der Waals surface area contributed by atoms with Crippen molar-refractivity contribution in [3.63, 3.8) is 0 Å². The second-order valence-electron chi connectivity index (χ2n) is 5.36. The summed E-state index contributed by atoms with van der Waals surface area (Å²) in [5.74, 6) is -1.99. The third-order valence-corrected chi connectivity index (χ3v) is 4.22. The first-order valence-corrected chi connectivity index (χ1v) is 6.79. The minimum Gasteiger partial charge on any atom is -0.390 e. The summed E-state index contributed by atoms with van der Waals surface area (Å²) in [4.78, 5) is 1.63. The number of β-amino-alcohol motifs (C(OH)–C–C–N with tert-alkyl or cyclic N) is 1. The molecule has 0 saturated carbocycles. The van der Waals surface area contributed by atoms with Crippen LogP contribution in [-0.2, 0) is 12.3 Å². The highest BCUT2D eigenvalue weighted by Gasteiger charge is 2.45. The molecule has 1 fully saturated rings. The van der Waals surface area contributed by atoms with E-state index >= 15 is 0 Å². The number of benzene rings is 1. The summed E-state index contributed by atoms with van der Waals surface area (Å²) in [7, 11) is 0. The number of piperidine rings is 1. The van der Waals surface area contributed by atoms with Crippen molar-refractivity contribution in [2.45, 2.75) is 30.9 Å². The van der Waals surface area contributed by atoms with E-state index in [0.717, 1.165) is 18.5 Å². The zero-order valence-electron chi connectivity index (χ0n) is 10.8. The number of hydrogen-bond donors (Lipinski definition) is 4. The molecule has 1 aromatic rings. The van der Waals surface area contributed by atoms with Gasteiger partial charge in [0.05, 0.1) is 6.10 Å². The van der Waals surface area contributed by atoms with Gasteiger partial charge in [0.1, 0.15) is 0 Å². The second kappa shape index (κ2) is 4.85. The molecule has 1 aromatic carbocycles. The van der Waals surface area contributed by atoms with Gasteiger partial charge in [0.2, 0.25) is 0 Å². The molecule has 1 saturated heterocycles. The molecular formula is C14H20N2O3. The van der Waals surface area contributed by atoms with Crippen LogP contribution in [0.5, 0.6) is 0 Å². The van der Waals surface area contributed by atoms with Crippen LogP contribution in [0.2, 0.25) is 0 Å². The number of aliphatic hydroxyl groups excluding tert-OH is 1. The van der Waals surface area contributed by atoms with E-state index in [0.29, 0.717) is 25.1 Å². The molecule has 0 amide bonds. The summed E-state index contributed by atoms with van der Waals surface area (Å²) in [5.41, 5.74) is 1.50. The molecule has 0 spiro atoms. The standard InChI is InChI=1S/C14H20N2O3/c17-13-9-15-7-5-12(13)16-8-6-10-3-1-2-4-11(10)14(16,18)19/h1-4,12-13,15,17-19H,5-9H2. The van der Waals surface area contributed by atoms with E-state index in [1.165, 1.54) is 0 Å². The number of aliphatic hydroxyl groups is 3. The molecule has 0 bridgehead atoms. The van der Waals surface area contributed by atoms with Crippen LogP contribution < -0.4 is 5.32 Å². The number of nitrogens with zero attached hydrogens (tertiary/aromatic N) is 1. The summed E-state index contributed by atoms with van der Waals surface area (Å²) < 4.78 is 0. The molecule has 5 heteroatoms. The van der Waals surface area contributed by atoms with E-state index in [-0.39, 0.29) is 6.04 Å². The molecule has 2 unspecified atom stereocenters. The van der Waals surface area contributed by atoms with Gasteiger partial charge < -0.3 is 20.6 Å². The Hall–Kier alpha value is -0.980. The van der Waals surface area contributed by atoms with Gasteiger partial charge in [0.25, 0.3) is 5.91 Å². The predicted octanol–water partition coefficient (Wildman–Crippen LogP) is -0.638.